The van der Waals surface area contributed by atoms with E-state index in [9.17, 15) is 4.79 Å². The summed E-state index contributed by atoms with van der Waals surface area (Å²) in [5.74, 6) is 1.09. The molecule has 0 saturated heterocycles. The highest BCUT2D eigenvalue weighted by atomic mass is 16.5. The zero-order valence-electron chi connectivity index (χ0n) is 22.4. The van der Waals surface area contributed by atoms with E-state index in [0.29, 0.717) is 29.6 Å². The molecule has 1 atom stereocenters. The maximum atomic E-state index is 13.2. The molecule has 0 fully saturated rings. The van der Waals surface area contributed by atoms with Crippen LogP contribution in [-0.4, -0.2) is 49.1 Å². The number of fused-ring (bicyclic) bond motifs is 1. The molecule has 0 aliphatic heterocycles. The topological polar surface area (TPSA) is 66.6 Å². The number of methoxy groups -OCH3 is 2. The van der Waals surface area contributed by atoms with E-state index in [0.717, 1.165) is 35.1 Å². The van der Waals surface area contributed by atoms with Gasteiger partial charge < -0.3 is 19.8 Å². The molecule has 1 aromatic heterocycles. The minimum absolute atomic E-state index is 0.102. The van der Waals surface area contributed by atoms with Gasteiger partial charge in [-0.3, -0.25) is 9.69 Å². The third kappa shape index (κ3) is 5.81. The van der Waals surface area contributed by atoms with Gasteiger partial charge >= 0.3 is 0 Å². The SMILES string of the molecule is CCN(Cc1ccc(C(=O)NCC(c2cccc(OC)c2OC)c2c[nH]c3ccccc23)cc1)C(C)C. The lowest BCUT2D eigenvalue weighted by Crippen LogP contribution is -2.30. The zero-order chi connectivity index (χ0) is 26.4. The molecule has 4 aromatic rings. The van der Waals surface area contributed by atoms with Crippen LogP contribution in [0.5, 0.6) is 11.5 Å². The molecule has 0 aliphatic carbocycles. The molecule has 6 nitrogen and oxygen atoms in total. The van der Waals surface area contributed by atoms with Gasteiger partial charge in [-0.2, -0.15) is 0 Å². The summed E-state index contributed by atoms with van der Waals surface area (Å²) in [7, 11) is 3.28. The van der Waals surface area contributed by atoms with Gasteiger partial charge in [0.25, 0.3) is 5.91 Å². The number of hydrogen-bond donors (Lipinski definition) is 2. The number of para-hydroxylation sites is 2. The number of aromatic nitrogens is 1. The Morgan fingerprint density at radius 3 is 2.38 bits per heavy atom. The second-order valence-corrected chi connectivity index (χ2v) is 9.49. The maximum absolute atomic E-state index is 13.2. The minimum Gasteiger partial charge on any atom is -0.493 e. The van der Waals surface area contributed by atoms with Crippen molar-refractivity contribution < 1.29 is 14.3 Å². The minimum atomic E-state index is -0.145. The number of nitrogens with zero attached hydrogens (tertiary/aromatic N) is 1. The number of carbonyl (C=O) groups excluding carboxylic acids is 1. The molecule has 0 aliphatic rings. The molecule has 0 radical (unpaired) electrons. The average molecular weight is 500 g/mol. The molecule has 0 spiro atoms. The van der Waals surface area contributed by atoms with E-state index in [-0.39, 0.29) is 11.8 Å². The average Bonchev–Trinajstić information content (AvgIpc) is 3.35. The number of ether oxygens (including phenoxy) is 2. The lowest BCUT2D eigenvalue weighted by atomic mass is 9.89. The molecule has 1 amide bonds. The molecular formula is C31H37N3O3. The maximum Gasteiger partial charge on any atom is 0.251 e. The molecular weight excluding hydrogens is 462 g/mol. The van der Waals surface area contributed by atoms with Crippen LogP contribution in [0, 0.1) is 0 Å². The molecule has 194 valence electrons. The molecule has 1 unspecified atom stereocenters. The quantitative estimate of drug-likeness (QED) is 0.267. The summed E-state index contributed by atoms with van der Waals surface area (Å²) in [6.07, 6.45) is 2.02. The predicted molar refractivity (Wildman–Crippen MR) is 150 cm³/mol. The fourth-order valence-electron chi connectivity index (χ4n) is 4.91. The molecule has 1 heterocycles. The van der Waals surface area contributed by atoms with E-state index in [2.05, 4.69) is 48.1 Å². The van der Waals surface area contributed by atoms with Gasteiger partial charge in [-0.15, -0.1) is 0 Å². The van der Waals surface area contributed by atoms with Gasteiger partial charge in [-0.1, -0.05) is 49.4 Å². The largest absolute Gasteiger partial charge is 0.493 e. The van der Waals surface area contributed by atoms with Crippen LogP contribution in [0.15, 0.2) is 72.9 Å². The number of carbonyl (C=O) groups is 1. The van der Waals surface area contributed by atoms with Crippen LogP contribution in [0.25, 0.3) is 10.9 Å². The first-order valence-corrected chi connectivity index (χ1v) is 12.8. The van der Waals surface area contributed by atoms with Crippen LogP contribution in [0.4, 0.5) is 0 Å². The van der Waals surface area contributed by atoms with E-state index in [4.69, 9.17) is 9.47 Å². The van der Waals surface area contributed by atoms with Crippen molar-refractivity contribution in [2.24, 2.45) is 0 Å². The second kappa shape index (κ2) is 12.0. The summed E-state index contributed by atoms with van der Waals surface area (Å²) >= 11 is 0. The molecule has 0 bridgehead atoms. The Bertz CT molecular complexity index is 1330. The standard InChI is InChI=1S/C31H37N3O3/c1-6-34(21(2)3)20-22-14-16-23(17-15-22)31(35)33-19-27(25-11-9-13-29(36-4)30(25)37-5)26-18-32-28-12-8-7-10-24(26)28/h7-18,21,27,32H,6,19-20H2,1-5H3,(H,33,35). The summed E-state index contributed by atoms with van der Waals surface area (Å²) in [6.45, 7) is 8.84. The Morgan fingerprint density at radius 1 is 0.946 bits per heavy atom. The van der Waals surface area contributed by atoms with Gasteiger partial charge in [0.05, 0.1) is 14.2 Å². The monoisotopic (exact) mass is 499 g/mol. The molecule has 37 heavy (non-hydrogen) atoms. The van der Waals surface area contributed by atoms with Gasteiger partial charge in [-0.05, 0) is 55.8 Å². The van der Waals surface area contributed by atoms with Crippen LogP contribution in [-0.2, 0) is 6.54 Å². The number of H-pyrrole nitrogens is 1. The Kier molecular flexibility index (Phi) is 8.51. The van der Waals surface area contributed by atoms with Crippen molar-refractivity contribution in [3.05, 3.63) is 95.2 Å². The Labute approximate surface area is 219 Å². The van der Waals surface area contributed by atoms with Crippen LogP contribution in [0.1, 0.15) is 53.7 Å². The van der Waals surface area contributed by atoms with Crippen LogP contribution >= 0.6 is 0 Å². The van der Waals surface area contributed by atoms with Crippen molar-refractivity contribution in [1.29, 1.82) is 0 Å². The highest BCUT2D eigenvalue weighted by Gasteiger charge is 2.24. The Balaban J connectivity index is 1.59. The van der Waals surface area contributed by atoms with Crippen LogP contribution in [0.3, 0.4) is 0 Å². The molecule has 0 saturated carbocycles. The van der Waals surface area contributed by atoms with Crippen molar-refractivity contribution in [1.82, 2.24) is 15.2 Å². The third-order valence-electron chi connectivity index (χ3n) is 7.01. The Morgan fingerprint density at radius 2 is 1.70 bits per heavy atom. The normalized spacial score (nSPS) is 12.2. The Hall–Kier alpha value is -3.77. The zero-order valence-corrected chi connectivity index (χ0v) is 22.4. The van der Waals surface area contributed by atoms with Crippen LogP contribution < -0.4 is 14.8 Å². The van der Waals surface area contributed by atoms with Gasteiger partial charge in [-0.25, -0.2) is 0 Å². The second-order valence-electron chi connectivity index (χ2n) is 9.49. The van der Waals surface area contributed by atoms with Crippen molar-refractivity contribution in [2.75, 3.05) is 27.3 Å². The number of hydrogen-bond acceptors (Lipinski definition) is 4. The summed E-state index contributed by atoms with van der Waals surface area (Å²) in [5, 5.41) is 4.28. The molecule has 6 heteroatoms. The summed E-state index contributed by atoms with van der Waals surface area (Å²) in [5.41, 5.74) is 4.94. The van der Waals surface area contributed by atoms with Gasteiger partial charge in [0, 0.05) is 53.3 Å². The summed E-state index contributed by atoms with van der Waals surface area (Å²) in [6, 6.07) is 22.4. The van der Waals surface area contributed by atoms with E-state index < -0.39 is 0 Å². The summed E-state index contributed by atoms with van der Waals surface area (Å²) in [4.78, 5) is 19.0. The van der Waals surface area contributed by atoms with E-state index in [1.807, 2.05) is 60.8 Å². The number of nitrogens with one attached hydrogen (secondary N) is 2. The van der Waals surface area contributed by atoms with Gasteiger partial charge in [0.1, 0.15) is 0 Å². The highest BCUT2D eigenvalue weighted by molar-refractivity contribution is 5.94. The first-order valence-electron chi connectivity index (χ1n) is 12.8. The van der Waals surface area contributed by atoms with Crippen molar-refractivity contribution in [3.8, 4) is 11.5 Å². The summed E-state index contributed by atoms with van der Waals surface area (Å²) < 4.78 is 11.3. The number of rotatable bonds is 11. The van der Waals surface area contributed by atoms with E-state index in [1.54, 1.807) is 14.2 Å². The number of benzene rings is 3. The van der Waals surface area contributed by atoms with Crippen LogP contribution in [0.2, 0.25) is 0 Å². The molecule has 3 aromatic carbocycles. The van der Waals surface area contributed by atoms with E-state index >= 15 is 0 Å². The lowest BCUT2D eigenvalue weighted by Gasteiger charge is -2.24. The van der Waals surface area contributed by atoms with E-state index in [1.165, 1.54) is 5.56 Å². The van der Waals surface area contributed by atoms with Crippen molar-refractivity contribution in [2.45, 2.75) is 39.3 Å². The fourth-order valence-corrected chi connectivity index (χ4v) is 4.91. The first kappa shape index (κ1) is 26.3. The molecule has 4 rings (SSSR count). The highest BCUT2D eigenvalue weighted by Crippen LogP contribution is 2.40. The number of aromatic amines is 1. The fraction of sp³-hybridized carbons (Fsp3) is 0.323. The van der Waals surface area contributed by atoms with Gasteiger partial charge in [0.15, 0.2) is 11.5 Å². The smallest absolute Gasteiger partial charge is 0.251 e. The number of amides is 1. The van der Waals surface area contributed by atoms with Crippen molar-refractivity contribution in [3.63, 3.8) is 0 Å². The third-order valence-corrected chi connectivity index (χ3v) is 7.01. The predicted octanol–water partition coefficient (Wildman–Crippen LogP) is 5.98. The molecule has 2 N–H and O–H groups in total. The lowest BCUT2D eigenvalue weighted by molar-refractivity contribution is 0.0952. The first-order chi connectivity index (χ1) is 18.0. The van der Waals surface area contributed by atoms with Gasteiger partial charge in [0.2, 0.25) is 0 Å². The van der Waals surface area contributed by atoms with Crippen molar-refractivity contribution >= 4 is 16.8 Å².